The van der Waals surface area contributed by atoms with E-state index in [-0.39, 0.29) is 38.5 Å². The van der Waals surface area contributed by atoms with Gasteiger partial charge in [0.1, 0.15) is 0 Å². The normalized spacial score (nSPS) is 5.77. The fourth-order valence-electron chi connectivity index (χ4n) is 0. The molecule has 0 atom stereocenters. The first-order valence-corrected chi connectivity index (χ1v) is 5.45. The number of carboxylic acid groups (broad SMARTS) is 6. The van der Waals surface area contributed by atoms with Crippen LogP contribution in [0.2, 0.25) is 0 Å². The molecule has 0 aliphatic rings. The zero-order valence-electron chi connectivity index (χ0n) is 14.7. The number of hydrogen-bond acceptors (Lipinski definition) is 12. The zero-order chi connectivity index (χ0) is 21.5. The molecule has 0 aromatic carbocycles. The minimum absolute atomic E-state index is 0. The van der Waals surface area contributed by atoms with Crippen LogP contribution in [0.25, 0.3) is 0 Å². The molecule has 0 aromatic heterocycles. The van der Waals surface area contributed by atoms with E-state index in [9.17, 15) is 0 Å². The van der Waals surface area contributed by atoms with E-state index in [0.29, 0.717) is 0 Å². The summed E-state index contributed by atoms with van der Waals surface area (Å²) < 4.78 is 0. The first kappa shape index (κ1) is 49.6. The van der Waals surface area contributed by atoms with Gasteiger partial charge in [-0.3, -0.25) is 0 Å². The van der Waals surface area contributed by atoms with Crippen molar-refractivity contribution in [3.8, 4) is 0 Å². The third kappa shape index (κ3) is 2540. The molecule has 0 unspecified atom stereocenters. The van der Waals surface area contributed by atoms with Gasteiger partial charge in [0.05, 0.1) is 0 Å². The van der Waals surface area contributed by atoms with Crippen LogP contribution in [0.15, 0.2) is 0 Å². The Hall–Kier alpha value is -1.96. The van der Waals surface area contributed by atoms with Gasteiger partial charge in [0.2, 0.25) is 0 Å². The van der Waals surface area contributed by atoms with Gasteiger partial charge in [0.25, 0.3) is 0 Å². The van der Waals surface area contributed by atoms with Gasteiger partial charge in [-0.2, -0.15) is 0 Å². The van der Waals surface area contributed by atoms with E-state index in [2.05, 4.69) is 0 Å². The van der Waals surface area contributed by atoms with Gasteiger partial charge < -0.3 is 59.4 Å². The predicted molar refractivity (Wildman–Crippen MR) is 64.1 cm³/mol. The molecule has 0 aliphatic heterocycles. The Morgan fingerprint density at radius 2 is 0.385 bits per heavy atom. The first-order chi connectivity index (χ1) is 10.4. The van der Waals surface area contributed by atoms with E-state index in [0.717, 1.165) is 41.5 Å². The summed E-state index contributed by atoms with van der Waals surface area (Å²) in [6, 6.07) is 0. The quantitative estimate of drug-likeness (QED) is 0.306. The van der Waals surface area contributed by atoms with Crippen molar-refractivity contribution in [2.45, 2.75) is 41.5 Å². The Labute approximate surface area is 175 Å². The minimum Gasteiger partial charge on any atom is -0.550 e. The molecular weight excluding hydrogens is 443 g/mol. The number of carbonyl (C=O) groups is 6. The van der Waals surface area contributed by atoms with E-state index in [1.165, 1.54) is 0 Å². The molecule has 151 valence electrons. The third-order valence-electron chi connectivity index (χ3n) is 0. The SMILES string of the molecule is CC(=O)[O-].CC(=O)[O-].CC(=O)[O-].CC(=O)[O-].CC(=O)[O-].CC(=O)[O-].[Co+2].[Ti+4]. The first-order valence-electron chi connectivity index (χ1n) is 5.45. The van der Waals surface area contributed by atoms with Gasteiger partial charge in [-0.25, -0.2) is 0 Å². The van der Waals surface area contributed by atoms with Gasteiger partial charge >= 0.3 is 38.5 Å². The van der Waals surface area contributed by atoms with Crippen molar-refractivity contribution in [1.29, 1.82) is 0 Å². The smallest absolute Gasteiger partial charge is 0.550 e. The molecule has 0 fully saturated rings. The summed E-state index contributed by atoms with van der Waals surface area (Å²) in [5.74, 6) is -6.50. The second-order valence-electron chi connectivity index (χ2n) is 2.95. The molecule has 0 amide bonds. The second kappa shape index (κ2) is 43.5. The van der Waals surface area contributed by atoms with Crippen LogP contribution in [0.4, 0.5) is 0 Å². The molecule has 0 aliphatic carbocycles. The van der Waals surface area contributed by atoms with Crippen LogP contribution < -0.4 is 30.6 Å². The molecule has 26 heavy (non-hydrogen) atoms. The van der Waals surface area contributed by atoms with Gasteiger partial charge in [-0.05, 0) is 41.5 Å². The average Bonchev–Trinajstić information content (AvgIpc) is 2.08. The molecule has 0 spiro atoms. The van der Waals surface area contributed by atoms with Crippen molar-refractivity contribution >= 4 is 35.8 Å². The summed E-state index contributed by atoms with van der Waals surface area (Å²) in [6.07, 6.45) is 0. The Balaban J connectivity index is -0.0000000245. The zero-order valence-corrected chi connectivity index (χ0v) is 17.3. The summed E-state index contributed by atoms with van der Waals surface area (Å²) in [5, 5.41) is 53.3. The number of carbonyl (C=O) groups excluding carboxylic acids is 6. The minimum atomic E-state index is -1.08. The maximum absolute atomic E-state index is 8.89. The van der Waals surface area contributed by atoms with E-state index in [1.807, 2.05) is 0 Å². The maximum Gasteiger partial charge on any atom is 4.00 e. The van der Waals surface area contributed by atoms with Crippen LogP contribution in [-0.4, -0.2) is 35.8 Å². The van der Waals surface area contributed by atoms with Crippen LogP contribution in [-0.2, 0) is 67.3 Å². The molecule has 0 aromatic rings. The summed E-state index contributed by atoms with van der Waals surface area (Å²) in [7, 11) is 0. The van der Waals surface area contributed by atoms with E-state index in [1.54, 1.807) is 0 Å². The monoisotopic (exact) mass is 461 g/mol. The van der Waals surface area contributed by atoms with Crippen LogP contribution >= 0.6 is 0 Å². The predicted octanol–water partition coefficient (Wildman–Crippen LogP) is -7.47. The van der Waals surface area contributed by atoms with Crippen molar-refractivity contribution in [3.05, 3.63) is 0 Å². The van der Waals surface area contributed by atoms with Gasteiger partial charge in [0.15, 0.2) is 0 Å². The van der Waals surface area contributed by atoms with Crippen LogP contribution in [0.3, 0.4) is 0 Å². The maximum atomic E-state index is 8.89. The van der Waals surface area contributed by atoms with Crippen LogP contribution in [0.1, 0.15) is 41.5 Å². The summed E-state index contributed by atoms with van der Waals surface area (Å²) in [5.41, 5.74) is 0. The fraction of sp³-hybridized carbons (Fsp3) is 0.500. The number of hydrogen-bond donors (Lipinski definition) is 0. The van der Waals surface area contributed by atoms with Crippen LogP contribution in [0.5, 0.6) is 0 Å². The van der Waals surface area contributed by atoms with Crippen molar-refractivity contribution in [2.75, 3.05) is 0 Å². The van der Waals surface area contributed by atoms with E-state index in [4.69, 9.17) is 59.4 Å². The third-order valence-corrected chi connectivity index (χ3v) is 0. The topological polar surface area (TPSA) is 241 Å². The summed E-state index contributed by atoms with van der Waals surface area (Å²) >= 11 is 0. The second-order valence-corrected chi connectivity index (χ2v) is 2.95. The van der Waals surface area contributed by atoms with Crippen molar-refractivity contribution in [1.82, 2.24) is 0 Å². The van der Waals surface area contributed by atoms with E-state index < -0.39 is 35.8 Å². The van der Waals surface area contributed by atoms with E-state index >= 15 is 0 Å². The molecule has 0 rings (SSSR count). The largest absolute Gasteiger partial charge is 4.00 e. The molecule has 1 radical (unpaired) electrons. The molecule has 14 heteroatoms. The van der Waals surface area contributed by atoms with Gasteiger partial charge in [0, 0.05) is 35.8 Å². The van der Waals surface area contributed by atoms with Crippen molar-refractivity contribution < 1.29 is 97.9 Å². The Morgan fingerprint density at radius 3 is 0.385 bits per heavy atom. The van der Waals surface area contributed by atoms with Gasteiger partial charge in [-0.15, -0.1) is 0 Å². The Kier molecular flexibility index (Phi) is 83.0. The summed E-state index contributed by atoms with van der Waals surface area (Å²) in [4.78, 5) is 53.3. The Morgan fingerprint density at radius 1 is 0.385 bits per heavy atom. The number of aliphatic carboxylic acids is 6. The molecule has 0 heterocycles. The van der Waals surface area contributed by atoms with Crippen molar-refractivity contribution in [2.24, 2.45) is 0 Å². The molecular formula is C12H18CoO12Ti. The molecule has 0 N–H and O–H groups in total. The fourth-order valence-corrected chi connectivity index (χ4v) is 0. The van der Waals surface area contributed by atoms with Crippen molar-refractivity contribution in [3.63, 3.8) is 0 Å². The average molecular weight is 461 g/mol. The summed E-state index contributed by atoms with van der Waals surface area (Å²) in [6.45, 7) is 5.83. The molecule has 12 nitrogen and oxygen atoms in total. The standard InChI is InChI=1S/6C2H4O2.Co.Ti/c6*1-2(3)4;;/h6*1H3,(H,3,4);;/q;;;;;;+2;+4/p-6. The molecule has 0 saturated heterocycles. The Bertz CT molecular complexity index is 267. The number of rotatable bonds is 0. The molecule has 0 saturated carbocycles. The number of carboxylic acids is 6. The van der Waals surface area contributed by atoms with Gasteiger partial charge in [-0.1, -0.05) is 0 Å². The molecule has 0 bridgehead atoms. The van der Waals surface area contributed by atoms with Crippen LogP contribution in [0, 0.1) is 0 Å².